The third-order valence-corrected chi connectivity index (χ3v) is 4.38. The van der Waals surface area contributed by atoms with Crippen LogP contribution < -0.4 is 5.32 Å². The Morgan fingerprint density at radius 2 is 2.20 bits per heavy atom. The minimum absolute atomic E-state index is 0.164. The average Bonchev–Trinajstić information content (AvgIpc) is 3.04. The SMILES string of the molecule is CC(C)(C)C1NCCn2c(CCC3CCCO3)nnc21. The molecule has 2 atom stereocenters. The van der Waals surface area contributed by atoms with E-state index in [-0.39, 0.29) is 5.41 Å². The molecule has 0 amide bonds. The molecule has 0 bridgehead atoms. The summed E-state index contributed by atoms with van der Waals surface area (Å²) in [7, 11) is 0. The van der Waals surface area contributed by atoms with Gasteiger partial charge in [0.05, 0.1) is 12.1 Å². The molecule has 0 radical (unpaired) electrons. The fourth-order valence-corrected chi connectivity index (χ4v) is 3.26. The molecule has 1 aromatic heterocycles. The predicted octanol–water partition coefficient (Wildman–Crippen LogP) is 2.08. The number of hydrogen-bond donors (Lipinski definition) is 1. The summed E-state index contributed by atoms with van der Waals surface area (Å²) in [5, 5.41) is 12.5. The van der Waals surface area contributed by atoms with Crippen LogP contribution in [0.3, 0.4) is 0 Å². The first-order valence-electron chi connectivity index (χ1n) is 7.82. The average molecular weight is 278 g/mol. The molecule has 0 spiro atoms. The van der Waals surface area contributed by atoms with Gasteiger partial charge in [0.2, 0.25) is 0 Å². The molecule has 0 saturated carbocycles. The van der Waals surface area contributed by atoms with Crippen LogP contribution in [0, 0.1) is 5.41 Å². The third-order valence-electron chi connectivity index (χ3n) is 4.38. The molecule has 20 heavy (non-hydrogen) atoms. The highest BCUT2D eigenvalue weighted by molar-refractivity contribution is 5.08. The quantitative estimate of drug-likeness (QED) is 0.919. The third kappa shape index (κ3) is 2.74. The van der Waals surface area contributed by atoms with Gasteiger partial charge in [0.1, 0.15) is 5.82 Å². The van der Waals surface area contributed by atoms with E-state index in [0.29, 0.717) is 12.1 Å². The molecular formula is C15H26N4O. The second kappa shape index (κ2) is 5.45. The van der Waals surface area contributed by atoms with Crippen LogP contribution in [0.1, 0.15) is 57.7 Å². The number of ether oxygens (including phenoxy) is 1. The van der Waals surface area contributed by atoms with Crippen molar-refractivity contribution in [2.24, 2.45) is 5.41 Å². The Morgan fingerprint density at radius 3 is 2.90 bits per heavy atom. The van der Waals surface area contributed by atoms with Crippen molar-refractivity contribution in [3.63, 3.8) is 0 Å². The Kier molecular flexibility index (Phi) is 3.82. The van der Waals surface area contributed by atoms with Crippen molar-refractivity contribution < 1.29 is 4.74 Å². The van der Waals surface area contributed by atoms with E-state index in [0.717, 1.165) is 44.2 Å². The molecule has 1 fully saturated rings. The second-order valence-corrected chi connectivity index (χ2v) is 7.05. The van der Waals surface area contributed by atoms with Crippen molar-refractivity contribution in [2.75, 3.05) is 13.2 Å². The molecule has 3 rings (SSSR count). The number of nitrogens with one attached hydrogen (secondary N) is 1. The summed E-state index contributed by atoms with van der Waals surface area (Å²) >= 11 is 0. The van der Waals surface area contributed by atoms with Gasteiger partial charge in [0.25, 0.3) is 0 Å². The van der Waals surface area contributed by atoms with Gasteiger partial charge in [-0.2, -0.15) is 0 Å². The van der Waals surface area contributed by atoms with Crippen molar-refractivity contribution in [3.8, 4) is 0 Å². The van der Waals surface area contributed by atoms with Crippen molar-refractivity contribution >= 4 is 0 Å². The number of rotatable bonds is 3. The van der Waals surface area contributed by atoms with E-state index in [9.17, 15) is 0 Å². The van der Waals surface area contributed by atoms with Crippen molar-refractivity contribution in [1.29, 1.82) is 0 Å². The topological polar surface area (TPSA) is 52.0 Å². The number of nitrogens with zero attached hydrogens (tertiary/aromatic N) is 3. The van der Waals surface area contributed by atoms with E-state index in [1.807, 2.05) is 0 Å². The standard InChI is InChI=1S/C15H26N4O/c1-15(2,3)13-14-18-17-12(19(14)9-8-16-13)7-6-11-5-4-10-20-11/h11,13,16H,4-10H2,1-3H3. The first-order chi connectivity index (χ1) is 9.55. The molecule has 1 N–H and O–H groups in total. The van der Waals surface area contributed by atoms with Gasteiger partial charge in [-0.15, -0.1) is 10.2 Å². The minimum Gasteiger partial charge on any atom is -0.378 e. The Labute approximate surface area is 121 Å². The van der Waals surface area contributed by atoms with E-state index in [4.69, 9.17) is 4.74 Å². The zero-order valence-electron chi connectivity index (χ0n) is 12.9. The van der Waals surface area contributed by atoms with E-state index in [1.165, 1.54) is 12.8 Å². The maximum absolute atomic E-state index is 5.70. The molecule has 1 aromatic rings. The van der Waals surface area contributed by atoms with Gasteiger partial charge in [0.15, 0.2) is 5.82 Å². The first-order valence-corrected chi connectivity index (χ1v) is 7.82. The molecular weight excluding hydrogens is 252 g/mol. The fourth-order valence-electron chi connectivity index (χ4n) is 3.26. The number of aromatic nitrogens is 3. The molecule has 2 aliphatic rings. The maximum Gasteiger partial charge on any atom is 0.150 e. The van der Waals surface area contributed by atoms with Gasteiger partial charge in [-0.05, 0) is 24.7 Å². The number of fused-ring (bicyclic) bond motifs is 1. The maximum atomic E-state index is 5.70. The summed E-state index contributed by atoms with van der Waals surface area (Å²) in [6.45, 7) is 9.66. The molecule has 0 aliphatic carbocycles. The zero-order chi connectivity index (χ0) is 14.2. The summed E-state index contributed by atoms with van der Waals surface area (Å²) in [6, 6.07) is 0.292. The summed E-state index contributed by atoms with van der Waals surface area (Å²) in [6.07, 6.45) is 4.90. The van der Waals surface area contributed by atoms with Crippen LogP contribution in [-0.4, -0.2) is 34.0 Å². The van der Waals surface area contributed by atoms with Crippen LogP contribution in [0.15, 0.2) is 0 Å². The van der Waals surface area contributed by atoms with Gasteiger partial charge in [-0.3, -0.25) is 0 Å². The lowest BCUT2D eigenvalue weighted by molar-refractivity contribution is 0.104. The molecule has 2 unspecified atom stereocenters. The summed E-state index contributed by atoms with van der Waals surface area (Å²) in [5.41, 5.74) is 0.164. The van der Waals surface area contributed by atoms with Crippen molar-refractivity contribution in [1.82, 2.24) is 20.1 Å². The number of aryl methyl sites for hydroxylation is 1. The van der Waals surface area contributed by atoms with Crippen LogP contribution in [0.4, 0.5) is 0 Å². The summed E-state index contributed by atoms with van der Waals surface area (Å²) < 4.78 is 8.02. The molecule has 0 aromatic carbocycles. The van der Waals surface area contributed by atoms with E-state index in [2.05, 4.69) is 40.9 Å². The zero-order valence-corrected chi connectivity index (χ0v) is 12.9. The van der Waals surface area contributed by atoms with Crippen LogP contribution >= 0.6 is 0 Å². The lowest BCUT2D eigenvalue weighted by Crippen LogP contribution is -2.41. The van der Waals surface area contributed by atoms with Gasteiger partial charge in [0, 0.05) is 26.1 Å². The van der Waals surface area contributed by atoms with Crippen LogP contribution in [0.5, 0.6) is 0 Å². The normalized spacial score (nSPS) is 26.8. The Morgan fingerprint density at radius 1 is 1.35 bits per heavy atom. The Hall–Kier alpha value is -0.940. The Balaban J connectivity index is 1.72. The van der Waals surface area contributed by atoms with Crippen LogP contribution in [0.25, 0.3) is 0 Å². The first kappa shape index (κ1) is 14.0. The van der Waals surface area contributed by atoms with Crippen LogP contribution in [-0.2, 0) is 17.7 Å². The van der Waals surface area contributed by atoms with Gasteiger partial charge < -0.3 is 14.6 Å². The monoisotopic (exact) mass is 278 g/mol. The molecule has 2 aliphatic heterocycles. The number of hydrogen-bond acceptors (Lipinski definition) is 4. The summed E-state index contributed by atoms with van der Waals surface area (Å²) in [4.78, 5) is 0. The van der Waals surface area contributed by atoms with Gasteiger partial charge in [-0.25, -0.2) is 0 Å². The van der Waals surface area contributed by atoms with E-state index in [1.54, 1.807) is 0 Å². The summed E-state index contributed by atoms with van der Waals surface area (Å²) in [5.74, 6) is 2.23. The van der Waals surface area contributed by atoms with Gasteiger partial charge >= 0.3 is 0 Å². The lowest BCUT2D eigenvalue weighted by atomic mass is 9.85. The predicted molar refractivity (Wildman–Crippen MR) is 77.5 cm³/mol. The molecule has 5 heteroatoms. The largest absolute Gasteiger partial charge is 0.378 e. The lowest BCUT2D eigenvalue weighted by Gasteiger charge is -2.34. The second-order valence-electron chi connectivity index (χ2n) is 7.05. The smallest absolute Gasteiger partial charge is 0.150 e. The highest BCUT2D eigenvalue weighted by atomic mass is 16.5. The highest BCUT2D eigenvalue weighted by Crippen LogP contribution is 2.33. The van der Waals surface area contributed by atoms with Crippen molar-refractivity contribution in [3.05, 3.63) is 11.6 Å². The Bertz CT molecular complexity index is 457. The molecule has 1 saturated heterocycles. The van der Waals surface area contributed by atoms with E-state index >= 15 is 0 Å². The molecule has 5 nitrogen and oxygen atoms in total. The van der Waals surface area contributed by atoms with Crippen molar-refractivity contribution in [2.45, 2.75) is 65.1 Å². The van der Waals surface area contributed by atoms with Gasteiger partial charge in [-0.1, -0.05) is 20.8 Å². The molecule has 3 heterocycles. The van der Waals surface area contributed by atoms with E-state index < -0.39 is 0 Å². The minimum atomic E-state index is 0.164. The molecule has 112 valence electrons. The van der Waals surface area contributed by atoms with Crippen LogP contribution in [0.2, 0.25) is 0 Å². The highest BCUT2D eigenvalue weighted by Gasteiger charge is 2.33. The fraction of sp³-hybridized carbons (Fsp3) is 0.867.